The lowest BCUT2D eigenvalue weighted by molar-refractivity contribution is -0.252. The van der Waals surface area contributed by atoms with Crippen molar-refractivity contribution in [3.05, 3.63) is 12.3 Å². The van der Waals surface area contributed by atoms with Gasteiger partial charge in [0.1, 0.15) is 5.76 Å². The van der Waals surface area contributed by atoms with Gasteiger partial charge in [-0.05, 0) is 13.8 Å². The van der Waals surface area contributed by atoms with E-state index in [9.17, 15) is 9.28 Å². The molecule has 0 radical (unpaired) electrons. The number of hydrogen-bond donors (Lipinski definition) is 1. The Morgan fingerprint density at radius 3 is 2.92 bits per heavy atom. The van der Waals surface area contributed by atoms with Gasteiger partial charge in [0.05, 0.1) is 12.6 Å². The number of hydroxylamine groups is 1. The Bertz CT molecular complexity index is 163. The van der Waals surface area contributed by atoms with Gasteiger partial charge in [-0.15, -0.1) is 0 Å². The molecule has 70 valence electrons. The van der Waals surface area contributed by atoms with Gasteiger partial charge >= 0.3 is 0 Å². The normalized spacial score (nSPS) is 12.3. The summed E-state index contributed by atoms with van der Waals surface area (Å²) in [6.07, 6.45) is 0.508. The summed E-state index contributed by atoms with van der Waals surface area (Å²) in [7, 11) is 0. The van der Waals surface area contributed by atoms with Crippen molar-refractivity contribution in [1.82, 2.24) is 10.6 Å². The van der Waals surface area contributed by atoms with Gasteiger partial charge in [-0.3, -0.25) is 4.79 Å². The molecular weight excluding hydrogens is 163 g/mol. The third-order valence-corrected chi connectivity index (χ3v) is 1.27. The Morgan fingerprint density at radius 2 is 2.50 bits per heavy atom. The van der Waals surface area contributed by atoms with Crippen molar-refractivity contribution < 1.29 is 14.1 Å². The molecule has 0 aromatic rings. The first-order chi connectivity index (χ1) is 5.61. The number of nitrogens with zero attached hydrogens (tertiary/aromatic N) is 1. The van der Waals surface area contributed by atoms with Crippen LogP contribution in [0.1, 0.15) is 13.8 Å². The quantitative estimate of drug-likeness (QED) is 0.281. The third-order valence-electron chi connectivity index (χ3n) is 1.27. The predicted octanol–water partition coefficient (Wildman–Crippen LogP) is 0.773. The van der Waals surface area contributed by atoms with Crippen molar-refractivity contribution >= 4 is 6.41 Å². The van der Waals surface area contributed by atoms with Crippen LogP contribution in [0.25, 0.3) is 0 Å². The van der Waals surface area contributed by atoms with E-state index in [-0.39, 0.29) is 17.6 Å². The molecule has 0 aliphatic carbocycles. The SMILES string of the molecule is C=C(ON(F)CC)C(C)NC=O. The first kappa shape index (κ1) is 10.9. The molecule has 0 aromatic carbocycles. The van der Waals surface area contributed by atoms with Crippen LogP contribution in [0, 0.1) is 0 Å². The summed E-state index contributed by atoms with van der Waals surface area (Å²) in [5, 5.41) is 2.52. The number of hydrogen-bond acceptors (Lipinski definition) is 3. The summed E-state index contributed by atoms with van der Waals surface area (Å²) in [5.41, 5.74) is 0. The van der Waals surface area contributed by atoms with Gasteiger partial charge in [0, 0.05) is 5.29 Å². The van der Waals surface area contributed by atoms with Gasteiger partial charge in [-0.25, -0.2) is 0 Å². The van der Waals surface area contributed by atoms with Crippen LogP contribution >= 0.6 is 0 Å². The van der Waals surface area contributed by atoms with Crippen molar-refractivity contribution in [2.45, 2.75) is 19.9 Å². The maximum Gasteiger partial charge on any atom is 0.207 e. The van der Waals surface area contributed by atoms with Crippen molar-refractivity contribution in [3.63, 3.8) is 0 Å². The van der Waals surface area contributed by atoms with E-state index in [0.717, 1.165) is 0 Å². The predicted molar refractivity (Wildman–Crippen MR) is 42.4 cm³/mol. The summed E-state index contributed by atoms with van der Waals surface area (Å²) < 4.78 is 12.4. The molecule has 1 unspecified atom stereocenters. The van der Waals surface area contributed by atoms with Gasteiger partial charge < -0.3 is 10.2 Å². The molecule has 0 saturated heterocycles. The molecule has 0 aliphatic rings. The summed E-state index contributed by atoms with van der Waals surface area (Å²) in [4.78, 5) is 14.5. The van der Waals surface area contributed by atoms with Crippen molar-refractivity contribution in [3.8, 4) is 0 Å². The van der Waals surface area contributed by atoms with E-state index >= 15 is 0 Å². The van der Waals surface area contributed by atoms with E-state index in [4.69, 9.17) is 0 Å². The van der Waals surface area contributed by atoms with Gasteiger partial charge in [0.2, 0.25) is 6.41 Å². The number of amides is 1. The molecule has 1 N–H and O–H groups in total. The van der Waals surface area contributed by atoms with E-state index < -0.39 is 6.04 Å². The fourth-order valence-corrected chi connectivity index (χ4v) is 0.466. The third kappa shape index (κ3) is 3.92. The lowest BCUT2D eigenvalue weighted by atomic mass is 10.3. The zero-order valence-electron chi connectivity index (χ0n) is 7.21. The minimum Gasteiger partial charge on any atom is -0.379 e. The minimum absolute atomic E-state index is 0.104. The molecule has 12 heavy (non-hydrogen) atoms. The summed E-state index contributed by atoms with van der Waals surface area (Å²) in [6, 6.07) is -0.396. The Hall–Kier alpha value is -1.10. The standard InChI is InChI=1S/C7H13FN2O2/c1-4-10(8)12-7(3)6(2)9-5-11/h5-6H,3-4H2,1-2H3,(H,9,11). The molecule has 0 aromatic heterocycles. The number of rotatable bonds is 6. The van der Waals surface area contributed by atoms with Crippen LogP contribution in [0.4, 0.5) is 4.48 Å². The minimum atomic E-state index is -0.396. The number of carbonyl (C=O) groups is 1. The number of nitrogens with one attached hydrogen (secondary N) is 1. The smallest absolute Gasteiger partial charge is 0.207 e. The van der Waals surface area contributed by atoms with E-state index in [1.807, 2.05) is 0 Å². The molecule has 5 heteroatoms. The fraction of sp³-hybridized carbons (Fsp3) is 0.571. The van der Waals surface area contributed by atoms with Gasteiger partial charge in [-0.2, -0.15) is 0 Å². The summed E-state index contributed by atoms with van der Waals surface area (Å²) in [5.74, 6) is 0.159. The van der Waals surface area contributed by atoms with Crippen LogP contribution in [-0.2, 0) is 9.63 Å². The highest BCUT2D eigenvalue weighted by molar-refractivity contribution is 5.47. The zero-order valence-corrected chi connectivity index (χ0v) is 7.21. The Morgan fingerprint density at radius 1 is 1.92 bits per heavy atom. The highest BCUT2D eigenvalue weighted by Crippen LogP contribution is 2.04. The molecule has 0 rings (SSSR count). The molecule has 0 bridgehead atoms. The van der Waals surface area contributed by atoms with Gasteiger partial charge in [0.25, 0.3) is 0 Å². The fourth-order valence-electron chi connectivity index (χ4n) is 0.466. The van der Waals surface area contributed by atoms with Crippen LogP contribution in [0.5, 0.6) is 0 Å². The lowest BCUT2D eigenvalue weighted by Crippen LogP contribution is -2.29. The monoisotopic (exact) mass is 176 g/mol. The maximum atomic E-state index is 12.4. The maximum absolute atomic E-state index is 12.4. The van der Waals surface area contributed by atoms with Crippen LogP contribution in [0.2, 0.25) is 0 Å². The summed E-state index contributed by atoms with van der Waals surface area (Å²) in [6.45, 7) is 6.77. The average Bonchev–Trinajstić information content (AvgIpc) is 2.04. The molecule has 0 saturated carbocycles. The van der Waals surface area contributed by atoms with E-state index in [1.165, 1.54) is 0 Å². The van der Waals surface area contributed by atoms with E-state index in [2.05, 4.69) is 16.7 Å². The second-order valence-corrected chi connectivity index (χ2v) is 2.20. The number of carbonyl (C=O) groups excluding carboxylic acids is 1. The largest absolute Gasteiger partial charge is 0.379 e. The highest BCUT2D eigenvalue weighted by Gasteiger charge is 2.09. The van der Waals surface area contributed by atoms with Gasteiger partial charge in [0.15, 0.2) is 0 Å². The van der Waals surface area contributed by atoms with Crippen molar-refractivity contribution in [1.29, 1.82) is 0 Å². The Labute approximate surface area is 70.9 Å². The molecule has 4 nitrogen and oxygen atoms in total. The summed E-state index contributed by atoms with van der Waals surface area (Å²) >= 11 is 0. The van der Waals surface area contributed by atoms with E-state index in [0.29, 0.717) is 6.41 Å². The number of halogens is 1. The molecule has 0 heterocycles. The second kappa shape index (κ2) is 5.54. The van der Waals surface area contributed by atoms with Crippen molar-refractivity contribution in [2.24, 2.45) is 0 Å². The van der Waals surface area contributed by atoms with Crippen LogP contribution in [0.15, 0.2) is 12.3 Å². The Balaban J connectivity index is 3.77. The topological polar surface area (TPSA) is 41.6 Å². The molecule has 1 atom stereocenters. The molecule has 0 spiro atoms. The van der Waals surface area contributed by atoms with Crippen LogP contribution in [-0.4, -0.2) is 24.3 Å². The average molecular weight is 176 g/mol. The van der Waals surface area contributed by atoms with Crippen LogP contribution in [0.3, 0.4) is 0 Å². The Kier molecular flexibility index (Phi) is 5.03. The first-order valence-corrected chi connectivity index (χ1v) is 3.61. The highest BCUT2D eigenvalue weighted by atomic mass is 19.2. The van der Waals surface area contributed by atoms with Crippen molar-refractivity contribution in [2.75, 3.05) is 6.54 Å². The second-order valence-electron chi connectivity index (χ2n) is 2.20. The molecule has 0 aliphatic heterocycles. The van der Waals surface area contributed by atoms with Crippen LogP contribution < -0.4 is 5.32 Å². The molecule has 1 amide bonds. The first-order valence-electron chi connectivity index (χ1n) is 3.61. The zero-order chi connectivity index (χ0) is 9.56. The van der Waals surface area contributed by atoms with E-state index in [1.54, 1.807) is 13.8 Å². The lowest BCUT2D eigenvalue weighted by Gasteiger charge is -2.16. The molecular formula is C7H13FN2O2. The molecule has 0 fully saturated rings. The van der Waals surface area contributed by atoms with Gasteiger partial charge in [-0.1, -0.05) is 11.1 Å².